The molecule has 0 unspecified atom stereocenters. The first-order valence-corrected chi connectivity index (χ1v) is 13.0. The Morgan fingerprint density at radius 2 is 1.92 bits per heavy atom. The van der Waals surface area contributed by atoms with Crippen LogP contribution >= 0.6 is 0 Å². The van der Waals surface area contributed by atoms with E-state index in [1.165, 1.54) is 13.1 Å². The monoisotopic (exact) mass is 525 g/mol. The molecule has 0 aliphatic heterocycles. The molecule has 3 heterocycles. The Hall–Kier alpha value is -4.38. The van der Waals surface area contributed by atoms with E-state index in [1.54, 1.807) is 24.1 Å². The highest BCUT2D eigenvalue weighted by Crippen LogP contribution is 2.48. The van der Waals surface area contributed by atoms with Crippen molar-refractivity contribution in [2.75, 3.05) is 23.5 Å². The van der Waals surface area contributed by atoms with Crippen LogP contribution in [0.15, 0.2) is 35.5 Å². The molecule has 37 heavy (non-hydrogen) atoms. The minimum atomic E-state index is -3.83. The Labute approximate surface area is 210 Å². The van der Waals surface area contributed by atoms with E-state index >= 15 is 8.78 Å². The molecular weight excluding hydrogens is 504 g/mol. The lowest BCUT2D eigenvalue weighted by molar-refractivity contribution is 0.569. The zero-order valence-corrected chi connectivity index (χ0v) is 20.8. The molecule has 0 saturated heterocycles. The van der Waals surface area contributed by atoms with Crippen LogP contribution in [0.3, 0.4) is 0 Å². The van der Waals surface area contributed by atoms with E-state index in [2.05, 4.69) is 30.6 Å². The van der Waals surface area contributed by atoms with Crippen LogP contribution in [0.1, 0.15) is 30.0 Å². The smallest absolute Gasteiger partial charge is 0.232 e. The Kier molecular flexibility index (Phi) is 5.87. The minimum absolute atomic E-state index is 0.0494. The average molecular weight is 526 g/mol. The van der Waals surface area contributed by atoms with Crippen molar-refractivity contribution in [3.8, 4) is 17.3 Å². The largest absolute Gasteiger partial charge is 0.323 e. The molecule has 0 spiro atoms. The zero-order valence-electron chi connectivity index (χ0n) is 20.0. The molecule has 1 saturated carbocycles. The van der Waals surface area contributed by atoms with Gasteiger partial charge in [-0.1, -0.05) is 0 Å². The number of H-pyrrole nitrogens is 1. The number of nitriles is 1. The number of hydrogen-bond donors (Lipinski definition) is 2. The van der Waals surface area contributed by atoms with Crippen molar-refractivity contribution in [1.29, 1.82) is 5.26 Å². The van der Waals surface area contributed by atoms with Crippen LogP contribution in [-0.4, -0.2) is 51.7 Å². The summed E-state index contributed by atoms with van der Waals surface area (Å²) in [6.45, 7) is 0. The molecule has 1 aliphatic rings. The van der Waals surface area contributed by atoms with Gasteiger partial charge in [0.25, 0.3) is 0 Å². The number of nitrogens with zero attached hydrogens (tertiary/aromatic N) is 7. The Morgan fingerprint density at radius 1 is 1.22 bits per heavy atom. The van der Waals surface area contributed by atoms with Crippen molar-refractivity contribution < 1.29 is 17.2 Å². The maximum absolute atomic E-state index is 15.0. The van der Waals surface area contributed by atoms with E-state index in [9.17, 15) is 8.42 Å². The van der Waals surface area contributed by atoms with Gasteiger partial charge in [-0.05, 0) is 30.9 Å². The standard InChI is InChI=1S/C23H21F2N9O2S/c1-33-11-13(10-27-33)20-19(12-4-5-12)22(28-18-6-14(9-26)31-32-18)30-23(29-20)34(2)21-16(24)7-15(8-17(21)25)37(3,35)36/h6-8,10-12H,4-5H2,1-3H3,(H2,28,29,30,31,32). The van der Waals surface area contributed by atoms with E-state index in [0.29, 0.717) is 22.9 Å². The predicted octanol–water partition coefficient (Wildman–Crippen LogP) is 3.54. The zero-order chi connectivity index (χ0) is 26.5. The van der Waals surface area contributed by atoms with Gasteiger partial charge in [0.05, 0.1) is 16.8 Å². The number of hydrogen-bond acceptors (Lipinski definition) is 9. The van der Waals surface area contributed by atoms with Crippen molar-refractivity contribution in [1.82, 2.24) is 29.9 Å². The summed E-state index contributed by atoms with van der Waals surface area (Å²) in [5.41, 5.74) is 1.72. The highest BCUT2D eigenvalue weighted by Gasteiger charge is 2.33. The third-order valence-electron chi connectivity index (χ3n) is 5.90. The maximum atomic E-state index is 15.0. The molecule has 0 amide bonds. The summed E-state index contributed by atoms with van der Waals surface area (Å²) in [6, 6.07) is 5.00. The molecule has 11 nitrogen and oxygen atoms in total. The van der Waals surface area contributed by atoms with Gasteiger partial charge in [0.15, 0.2) is 27.3 Å². The molecule has 190 valence electrons. The number of aromatic amines is 1. The maximum Gasteiger partial charge on any atom is 0.232 e. The lowest BCUT2D eigenvalue weighted by Crippen LogP contribution is -2.19. The van der Waals surface area contributed by atoms with Gasteiger partial charge in [-0.3, -0.25) is 9.78 Å². The van der Waals surface area contributed by atoms with E-state index < -0.39 is 32.1 Å². The summed E-state index contributed by atoms with van der Waals surface area (Å²) >= 11 is 0. The van der Waals surface area contributed by atoms with Gasteiger partial charge < -0.3 is 10.2 Å². The van der Waals surface area contributed by atoms with E-state index in [-0.39, 0.29) is 17.6 Å². The molecule has 5 rings (SSSR count). The van der Waals surface area contributed by atoms with Crippen LogP contribution in [0.25, 0.3) is 11.3 Å². The van der Waals surface area contributed by atoms with E-state index in [1.807, 2.05) is 6.07 Å². The number of rotatable bonds is 7. The van der Waals surface area contributed by atoms with Crippen molar-refractivity contribution in [2.45, 2.75) is 23.7 Å². The van der Waals surface area contributed by atoms with Crippen molar-refractivity contribution >= 4 is 33.1 Å². The molecule has 3 aromatic heterocycles. The summed E-state index contributed by atoms with van der Waals surface area (Å²) < 4.78 is 55.3. The molecule has 1 fully saturated rings. The molecule has 2 N–H and O–H groups in total. The molecule has 14 heteroatoms. The molecular formula is C23H21F2N9O2S. The van der Waals surface area contributed by atoms with Gasteiger partial charge in [0, 0.05) is 43.7 Å². The van der Waals surface area contributed by atoms with Crippen LogP contribution < -0.4 is 10.2 Å². The molecule has 0 radical (unpaired) electrons. The van der Waals surface area contributed by atoms with Crippen LogP contribution in [0.5, 0.6) is 0 Å². The number of halogens is 2. The van der Waals surface area contributed by atoms with Gasteiger partial charge in [0.1, 0.15) is 23.3 Å². The van der Waals surface area contributed by atoms with E-state index in [4.69, 9.17) is 5.26 Å². The molecule has 1 aliphatic carbocycles. The number of anilines is 4. The third kappa shape index (κ3) is 4.73. The minimum Gasteiger partial charge on any atom is -0.323 e. The second kappa shape index (κ2) is 8.93. The third-order valence-corrected chi connectivity index (χ3v) is 6.99. The Morgan fingerprint density at radius 3 is 2.46 bits per heavy atom. The molecule has 0 atom stereocenters. The van der Waals surface area contributed by atoms with Crippen LogP contribution in [0.2, 0.25) is 0 Å². The highest BCUT2D eigenvalue weighted by molar-refractivity contribution is 7.90. The summed E-state index contributed by atoms with van der Waals surface area (Å²) in [7, 11) is -0.686. The van der Waals surface area contributed by atoms with Gasteiger partial charge in [-0.15, -0.1) is 0 Å². The lowest BCUT2D eigenvalue weighted by Gasteiger charge is -2.22. The first kappa shape index (κ1) is 24.3. The second-order valence-electron chi connectivity index (χ2n) is 8.78. The fourth-order valence-corrected chi connectivity index (χ4v) is 4.60. The normalized spacial score (nSPS) is 13.4. The lowest BCUT2D eigenvalue weighted by atomic mass is 10.1. The summed E-state index contributed by atoms with van der Waals surface area (Å²) in [6.07, 6.45) is 6.08. The van der Waals surface area contributed by atoms with Crippen molar-refractivity contribution in [3.63, 3.8) is 0 Å². The van der Waals surface area contributed by atoms with E-state index in [0.717, 1.165) is 41.7 Å². The fraction of sp³-hybridized carbons (Fsp3) is 0.261. The highest BCUT2D eigenvalue weighted by atomic mass is 32.2. The van der Waals surface area contributed by atoms with Crippen molar-refractivity contribution in [3.05, 3.63) is 53.5 Å². The first-order valence-electron chi connectivity index (χ1n) is 11.1. The first-order chi connectivity index (χ1) is 17.5. The fourth-order valence-electron chi connectivity index (χ4n) is 3.97. The number of aryl methyl sites for hydroxylation is 1. The summed E-state index contributed by atoms with van der Waals surface area (Å²) in [5.74, 6) is -1.37. The number of sulfone groups is 1. The van der Waals surface area contributed by atoms with Crippen LogP contribution in [0.4, 0.5) is 32.1 Å². The number of nitrogens with one attached hydrogen (secondary N) is 2. The van der Waals surface area contributed by atoms with Crippen LogP contribution in [0, 0.1) is 23.0 Å². The van der Waals surface area contributed by atoms with Gasteiger partial charge in [-0.25, -0.2) is 22.2 Å². The summed E-state index contributed by atoms with van der Waals surface area (Å²) in [4.78, 5) is 9.87. The number of aromatic nitrogens is 6. The van der Waals surface area contributed by atoms with Crippen LogP contribution in [-0.2, 0) is 16.9 Å². The van der Waals surface area contributed by atoms with Gasteiger partial charge >= 0.3 is 0 Å². The Balaban J connectivity index is 1.68. The van der Waals surface area contributed by atoms with Crippen molar-refractivity contribution in [2.24, 2.45) is 7.05 Å². The quantitative estimate of drug-likeness (QED) is 0.370. The second-order valence-corrected chi connectivity index (χ2v) is 10.8. The van der Waals surface area contributed by atoms with Gasteiger partial charge in [0.2, 0.25) is 5.95 Å². The Bertz CT molecular complexity index is 1650. The predicted molar refractivity (Wildman–Crippen MR) is 130 cm³/mol. The average Bonchev–Trinajstić information content (AvgIpc) is 3.41. The van der Waals surface area contributed by atoms with Gasteiger partial charge in [-0.2, -0.15) is 20.4 Å². The molecule has 1 aromatic carbocycles. The number of benzene rings is 1. The SMILES string of the molecule is CN(c1nc(Nc2cc(C#N)[nH]n2)c(C2CC2)c(-c2cnn(C)c2)n1)c1c(F)cc(S(C)(=O)=O)cc1F. The molecule has 0 bridgehead atoms. The summed E-state index contributed by atoms with van der Waals surface area (Å²) in [5, 5.41) is 23.1. The topological polar surface area (TPSA) is 145 Å². The molecule has 4 aromatic rings.